The van der Waals surface area contributed by atoms with Crippen molar-refractivity contribution in [3.05, 3.63) is 65.1 Å². The molecule has 3 rings (SSSR count). The van der Waals surface area contributed by atoms with E-state index in [2.05, 4.69) is 10.3 Å². The van der Waals surface area contributed by atoms with E-state index in [1.54, 1.807) is 11.3 Å². The zero-order chi connectivity index (χ0) is 14.5. The Hall–Kier alpha value is -2.27. The summed E-state index contributed by atoms with van der Waals surface area (Å²) in [7, 11) is 0. The molecule has 0 radical (unpaired) electrons. The number of aryl methyl sites for hydroxylation is 1. The highest BCUT2D eigenvalue weighted by molar-refractivity contribution is 7.13. The van der Waals surface area contributed by atoms with Crippen LogP contribution >= 0.6 is 11.3 Å². The zero-order valence-electron chi connectivity index (χ0n) is 11.7. The molecule has 0 aliphatic rings. The first-order chi connectivity index (χ1) is 10.3. The van der Waals surface area contributed by atoms with Crippen molar-refractivity contribution in [2.75, 3.05) is 5.32 Å². The van der Waals surface area contributed by atoms with E-state index in [0.717, 1.165) is 28.1 Å². The molecule has 1 aromatic carbocycles. The first-order valence-corrected chi connectivity index (χ1v) is 7.59. The van der Waals surface area contributed by atoms with Gasteiger partial charge in [0.2, 0.25) is 0 Å². The maximum absolute atomic E-state index is 5.72. The number of hydrogen-bond donors (Lipinski definition) is 1. The minimum atomic E-state index is 0.431. The van der Waals surface area contributed by atoms with Gasteiger partial charge in [0.25, 0.3) is 0 Å². The molecule has 0 amide bonds. The second-order valence-corrected chi connectivity index (χ2v) is 5.48. The second kappa shape index (κ2) is 6.45. The number of anilines is 1. The van der Waals surface area contributed by atoms with Gasteiger partial charge in [-0.25, -0.2) is 4.98 Å². The fourth-order valence-electron chi connectivity index (χ4n) is 1.86. The number of benzene rings is 1. The number of thiazole rings is 1. The molecule has 3 aromatic rings. The third-order valence-corrected chi connectivity index (χ3v) is 3.79. The number of ether oxygens (including phenoxy) is 1. The summed E-state index contributed by atoms with van der Waals surface area (Å²) in [6.07, 6.45) is 0. The van der Waals surface area contributed by atoms with Gasteiger partial charge in [0.05, 0.1) is 12.2 Å². The van der Waals surface area contributed by atoms with E-state index in [4.69, 9.17) is 9.15 Å². The highest BCUT2D eigenvalue weighted by Gasteiger charge is 2.04. The predicted octanol–water partition coefficient (Wildman–Crippen LogP) is 4.24. The van der Waals surface area contributed by atoms with Crippen LogP contribution in [0, 0.1) is 6.92 Å². The molecule has 21 heavy (non-hydrogen) atoms. The SMILES string of the molecule is Cc1csc(NCc2ccc(COc3ccccc3)o2)n1. The summed E-state index contributed by atoms with van der Waals surface area (Å²) in [5, 5.41) is 6.17. The van der Waals surface area contributed by atoms with Crippen LogP contribution in [0.1, 0.15) is 17.2 Å². The number of furan rings is 1. The Balaban J connectivity index is 1.51. The van der Waals surface area contributed by atoms with Crippen LogP contribution in [0.3, 0.4) is 0 Å². The molecular formula is C16H16N2O2S. The highest BCUT2D eigenvalue weighted by Crippen LogP contribution is 2.17. The minimum Gasteiger partial charge on any atom is -0.486 e. The van der Waals surface area contributed by atoms with Gasteiger partial charge in [-0.3, -0.25) is 0 Å². The third kappa shape index (κ3) is 3.86. The molecule has 0 spiro atoms. The molecule has 0 atom stereocenters. The van der Waals surface area contributed by atoms with E-state index in [9.17, 15) is 0 Å². The van der Waals surface area contributed by atoms with Gasteiger partial charge in [-0.05, 0) is 31.2 Å². The van der Waals surface area contributed by atoms with Crippen molar-refractivity contribution in [3.63, 3.8) is 0 Å². The van der Waals surface area contributed by atoms with Gasteiger partial charge in [0.1, 0.15) is 23.9 Å². The fourth-order valence-corrected chi connectivity index (χ4v) is 2.55. The maximum Gasteiger partial charge on any atom is 0.183 e. The summed E-state index contributed by atoms with van der Waals surface area (Å²) < 4.78 is 11.4. The molecule has 5 heteroatoms. The van der Waals surface area contributed by atoms with Crippen molar-refractivity contribution in [2.24, 2.45) is 0 Å². The zero-order valence-corrected chi connectivity index (χ0v) is 12.5. The minimum absolute atomic E-state index is 0.431. The van der Waals surface area contributed by atoms with Crippen molar-refractivity contribution in [1.29, 1.82) is 0 Å². The molecule has 2 heterocycles. The van der Waals surface area contributed by atoms with Gasteiger partial charge < -0.3 is 14.5 Å². The molecule has 0 unspecified atom stereocenters. The average Bonchev–Trinajstić information content (AvgIpc) is 3.13. The van der Waals surface area contributed by atoms with Gasteiger partial charge in [-0.2, -0.15) is 0 Å². The summed E-state index contributed by atoms with van der Waals surface area (Å²) in [5.41, 5.74) is 1.03. The lowest BCUT2D eigenvalue weighted by molar-refractivity contribution is 0.266. The van der Waals surface area contributed by atoms with Crippen LogP contribution < -0.4 is 10.1 Å². The molecule has 0 aliphatic carbocycles. The number of aromatic nitrogens is 1. The van der Waals surface area contributed by atoms with Crippen LogP contribution in [0.4, 0.5) is 5.13 Å². The molecular weight excluding hydrogens is 284 g/mol. The molecule has 0 aliphatic heterocycles. The normalized spacial score (nSPS) is 10.5. The Morgan fingerprint density at radius 3 is 2.71 bits per heavy atom. The van der Waals surface area contributed by atoms with E-state index in [1.807, 2.05) is 54.8 Å². The van der Waals surface area contributed by atoms with Gasteiger partial charge in [0.15, 0.2) is 5.13 Å². The van der Waals surface area contributed by atoms with Gasteiger partial charge >= 0.3 is 0 Å². The molecule has 0 fully saturated rings. The molecule has 0 saturated heterocycles. The Morgan fingerprint density at radius 2 is 1.95 bits per heavy atom. The fraction of sp³-hybridized carbons (Fsp3) is 0.188. The summed E-state index contributed by atoms with van der Waals surface area (Å²) in [6.45, 7) is 3.03. The largest absolute Gasteiger partial charge is 0.486 e. The molecule has 0 bridgehead atoms. The molecule has 4 nitrogen and oxygen atoms in total. The molecule has 1 N–H and O–H groups in total. The highest BCUT2D eigenvalue weighted by atomic mass is 32.1. The van der Waals surface area contributed by atoms with Crippen LogP contribution in [0.5, 0.6) is 5.75 Å². The Morgan fingerprint density at radius 1 is 1.14 bits per heavy atom. The van der Waals surface area contributed by atoms with Crippen molar-refractivity contribution in [3.8, 4) is 5.75 Å². The van der Waals surface area contributed by atoms with Gasteiger partial charge in [-0.1, -0.05) is 18.2 Å². The van der Waals surface area contributed by atoms with Crippen LogP contribution in [0.25, 0.3) is 0 Å². The lowest BCUT2D eigenvalue weighted by Gasteiger charge is -2.03. The summed E-state index contributed by atoms with van der Waals surface area (Å²) >= 11 is 1.59. The summed E-state index contributed by atoms with van der Waals surface area (Å²) in [4.78, 5) is 4.35. The molecule has 108 valence electrons. The molecule has 2 aromatic heterocycles. The second-order valence-electron chi connectivity index (χ2n) is 4.62. The topological polar surface area (TPSA) is 47.3 Å². The summed E-state index contributed by atoms with van der Waals surface area (Å²) in [5.74, 6) is 2.52. The lowest BCUT2D eigenvalue weighted by atomic mass is 10.3. The third-order valence-electron chi connectivity index (χ3n) is 2.87. The number of hydrogen-bond acceptors (Lipinski definition) is 5. The average molecular weight is 300 g/mol. The Bertz CT molecular complexity index is 691. The van der Waals surface area contributed by atoms with E-state index in [0.29, 0.717) is 13.2 Å². The van der Waals surface area contributed by atoms with Crippen molar-refractivity contribution >= 4 is 16.5 Å². The Labute approximate surface area is 127 Å². The van der Waals surface area contributed by atoms with Crippen molar-refractivity contribution in [1.82, 2.24) is 4.98 Å². The van der Waals surface area contributed by atoms with E-state index >= 15 is 0 Å². The van der Waals surface area contributed by atoms with Crippen LogP contribution in [0.15, 0.2) is 52.3 Å². The first-order valence-electron chi connectivity index (χ1n) is 6.71. The first kappa shape index (κ1) is 13.7. The van der Waals surface area contributed by atoms with Crippen molar-refractivity contribution in [2.45, 2.75) is 20.1 Å². The van der Waals surface area contributed by atoms with Crippen LogP contribution in [-0.2, 0) is 13.2 Å². The number of nitrogens with one attached hydrogen (secondary N) is 1. The van der Waals surface area contributed by atoms with Crippen molar-refractivity contribution < 1.29 is 9.15 Å². The maximum atomic E-state index is 5.72. The van der Waals surface area contributed by atoms with Crippen LogP contribution in [0.2, 0.25) is 0 Å². The van der Waals surface area contributed by atoms with Gasteiger partial charge in [-0.15, -0.1) is 11.3 Å². The predicted molar refractivity (Wildman–Crippen MR) is 83.7 cm³/mol. The van der Waals surface area contributed by atoms with E-state index in [-0.39, 0.29) is 0 Å². The standard InChI is InChI=1S/C16H16N2O2S/c1-12-11-21-16(18-12)17-9-14-7-8-15(20-14)10-19-13-5-3-2-4-6-13/h2-8,11H,9-10H2,1H3,(H,17,18). The quantitative estimate of drug-likeness (QED) is 0.740. The number of nitrogens with zero attached hydrogens (tertiary/aromatic N) is 1. The lowest BCUT2D eigenvalue weighted by Crippen LogP contribution is -1.97. The smallest absolute Gasteiger partial charge is 0.183 e. The molecule has 0 saturated carbocycles. The van der Waals surface area contributed by atoms with E-state index < -0.39 is 0 Å². The van der Waals surface area contributed by atoms with Crippen LogP contribution in [-0.4, -0.2) is 4.98 Å². The number of para-hydroxylation sites is 1. The monoisotopic (exact) mass is 300 g/mol. The number of rotatable bonds is 6. The van der Waals surface area contributed by atoms with E-state index in [1.165, 1.54) is 0 Å². The Kier molecular flexibility index (Phi) is 4.21. The van der Waals surface area contributed by atoms with Gasteiger partial charge in [0, 0.05) is 5.38 Å². The summed E-state index contributed by atoms with van der Waals surface area (Å²) in [6, 6.07) is 13.6.